The van der Waals surface area contributed by atoms with Gasteiger partial charge in [0.15, 0.2) is 17.5 Å². The van der Waals surface area contributed by atoms with Crippen LogP contribution in [0.2, 0.25) is 0 Å². The molecule has 0 aliphatic heterocycles. The number of Topliss-reactive ketones (excluding diaryl/α,β-unsaturated/α-hetero) is 1. The van der Waals surface area contributed by atoms with Crippen molar-refractivity contribution in [2.75, 3.05) is 10.6 Å². The van der Waals surface area contributed by atoms with E-state index in [1.54, 1.807) is 19.1 Å². The zero-order valence-corrected chi connectivity index (χ0v) is 16.7. The summed E-state index contributed by atoms with van der Waals surface area (Å²) in [7, 11) is 1.50. The Bertz CT molecular complexity index is 1180. The van der Waals surface area contributed by atoms with Gasteiger partial charge < -0.3 is 15.2 Å². The lowest BCUT2D eigenvalue weighted by molar-refractivity contribution is -0.112. The predicted octanol–water partition coefficient (Wildman–Crippen LogP) is 3.53. The topological polar surface area (TPSA) is 93.1 Å². The van der Waals surface area contributed by atoms with Crippen LogP contribution in [0.1, 0.15) is 32.1 Å². The number of ketones is 1. The molecule has 160 valence electrons. The van der Waals surface area contributed by atoms with E-state index in [0.717, 1.165) is 0 Å². The summed E-state index contributed by atoms with van der Waals surface area (Å²) < 4.78 is 41.4. The van der Waals surface area contributed by atoms with Gasteiger partial charge in [-0.1, -0.05) is 6.07 Å². The van der Waals surface area contributed by atoms with Crippen LogP contribution < -0.4 is 10.6 Å². The van der Waals surface area contributed by atoms with E-state index in [4.69, 9.17) is 0 Å². The van der Waals surface area contributed by atoms with Gasteiger partial charge in [-0.15, -0.1) is 0 Å². The van der Waals surface area contributed by atoms with Crippen molar-refractivity contribution >= 4 is 29.1 Å². The van der Waals surface area contributed by atoms with Crippen molar-refractivity contribution in [3.8, 4) is 0 Å². The van der Waals surface area contributed by atoms with Gasteiger partial charge in [0.2, 0.25) is 0 Å². The van der Waals surface area contributed by atoms with Gasteiger partial charge in [-0.3, -0.25) is 14.4 Å². The maximum absolute atomic E-state index is 13.4. The molecule has 3 aromatic rings. The number of hydrogen-bond acceptors (Lipinski definition) is 4. The van der Waals surface area contributed by atoms with Gasteiger partial charge >= 0.3 is 0 Å². The van der Waals surface area contributed by atoms with Crippen LogP contribution in [0.5, 0.6) is 0 Å². The van der Waals surface area contributed by atoms with Gasteiger partial charge in [0, 0.05) is 36.8 Å². The molecule has 2 heterocycles. The fraction of sp³-hybridized carbons (Fsp3) is 0.143. The van der Waals surface area contributed by atoms with Gasteiger partial charge in [0.25, 0.3) is 17.6 Å². The smallest absolute Gasteiger partial charge is 0.299 e. The molecule has 2 amide bonds. The Labute approximate surface area is 174 Å². The molecule has 0 radical (unpaired) electrons. The minimum atomic E-state index is -1.66. The highest BCUT2D eigenvalue weighted by molar-refractivity contribution is 6.46. The summed E-state index contributed by atoms with van der Waals surface area (Å²) in [5.74, 6) is -7.01. The molecule has 0 saturated carbocycles. The van der Waals surface area contributed by atoms with E-state index in [2.05, 4.69) is 15.6 Å². The maximum Gasteiger partial charge on any atom is 0.299 e. The van der Waals surface area contributed by atoms with Crippen LogP contribution in [-0.4, -0.2) is 27.1 Å². The fourth-order valence-corrected chi connectivity index (χ4v) is 3.17. The number of halogens is 3. The Morgan fingerprint density at radius 1 is 1.00 bits per heavy atom. The Kier molecular flexibility index (Phi) is 5.91. The van der Waals surface area contributed by atoms with Gasteiger partial charge in [-0.2, -0.15) is 0 Å². The molecular formula is C21H17F3N4O3. The Balaban J connectivity index is 1.90. The molecule has 0 spiro atoms. The highest BCUT2D eigenvalue weighted by Crippen LogP contribution is 2.24. The standard InChI is InChI=1S/C21H17F3N4O3/c1-10-16(20(30)26-12-8-13(22)17(24)14(23)9-12)11(2)28(3)18(10)19(29)21(31)27-15-6-4-5-7-25-15/h4-9H,1-3H3,(H,26,30)(H,25,27,31). The molecule has 2 aromatic heterocycles. The molecule has 0 bridgehead atoms. The molecule has 0 saturated heterocycles. The number of aromatic nitrogens is 2. The molecular weight excluding hydrogens is 413 g/mol. The van der Waals surface area contributed by atoms with E-state index >= 15 is 0 Å². The first kappa shape index (κ1) is 21.8. The second-order valence-corrected chi connectivity index (χ2v) is 6.70. The summed E-state index contributed by atoms with van der Waals surface area (Å²) in [6.45, 7) is 3.01. The second-order valence-electron chi connectivity index (χ2n) is 6.70. The molecule has 7 nitrogen and oxygen atoms in total. The number of carbonyl (C=O) groups excluding carboxylic acids is 3. The zero-order chi connectivity index (χ0) is 22.9. The monoisotopic (exact) mass is 430 g/mol. The van der Waals surface area contributed by atoms with Crippen molar-refractivity contribution < 1.29 is 27.6 Å². The molecule has 3 rings (SSSR count). The number of pyridine rings is 1. The lowest BCUT2D eigenvalue weighted by atomic mass is 10.1. The van der Waals surface area contributed by atoms with Gasteiger partial charge in [-0.25, -0.2) is 18.2 Å². The fourth-order valence-electron chi connectivity index (χ4n) is 3.17. The summed E-state index contributed by atoms with van der Waals surface area (Å²) in [4.78, 5) is 41.7. The highest BCUT2D eigenvalue weighted by atomic mass is 19.2. The van der Waals surface area contributed by atoms with Crippen molar-refractivity contribution in [2.24, 2.45) is 7.05 Å². The largest absolute Gasteiger partial charge is 0.344 e. The van der Waals surface area contributed by atoms with Crippen LogP contribution in [0.3, 0.4) is 0 Å². The SMILES string of the molecule is Cc1c(C(=O)Nc2cc(F)c(F)c(F)c2)c(C)n(C)c1C(=O)C(=O)Nc1ccccn1. The van der Waals surface area contributed by atoms with Crippen molar-refractivity contribution in [1.82, 2.24) is 9.55 Å². The minimum Gasteiger partial charge on any atom is -0.344 e. The van der Waals surface area contributed by atoms with Crippen LogP contribution in [0, 0.1) is 31.3 Å². The summed E-state index contributed by atoms with van der Waals surface area (Å²) >= 11 is 0. The van der Waals surface area contributed by atoms with Gasteiger partial charge in [0.05, 0.1) is 11.3 Å². The van der Waals surface area contributed by atoms with Crippen molar-refractivity contribution in [3.05, 3.63) is 76.5 Å². The Hall–Kier alpha value is -3.95. The number of rotatable bonds is 5. The normalized spacial score (nSPS) is 10.6. The average Bonchev–Trinajstić information content (AvgIpc) is 2.94. The Morgan fingerprint density at radius 3 is 2.23 bits per heavy atom. The highest BCUT2D eigenvalue weighted by Gasteiger charge is 2.29. The minimum absolute atomic E-state index is 0.0347. The van der Waals surface area contributed by atoms with Crippen molar-refractivity contribution in [1.29, 1.82) is 0 Å². The van der Waals surface area contributed by atoms with Crippen LogP contribution in [-0.2, 0) is 11.8 Å². The van der Waals surface area contributed by atoms with E-state index < -0.39 is 35.0 Å². The first-order valence-corrected chi connectivity index (χ1v) is 9.00. The lowest BCUT2D eigenvalue weighted by Crippen LogP contribution is -2.26. The van der Waals surface area contributed by atoms with E-state index in [9.17, 15) is 27.6 Å². The van der Waals surface area contributed by atoms with E-state index in [-0.39, 0.29) is 28.3 Å². The number of hydrogen-bond donors (Lipinski definition) is 2. The second kappa shape index (κ2) is 8.42. The number of nitrogens with zero attached hydrogens (tertiary/aromatic N) is 2. The number of anilines is 2. The van der Waals surface area contributed by atoms with E-state index in [0.29, 0.717) is 17.8 Å². The van der Waals surface area contributed by atoms with E-state index in [1.165, 1.54) is 30.8 Å². The molecule has 0 unspecified atom stereocenters. The third kappa shape index (κ3) is 4.18. The third-order valence-corrected chi connectivity index (χ3v) is 4.73. The summed E-state index contributed by atoms with van der Waals surface area (Å²) in [6.07, 6.45) is 1.45. The molecule has 1 aromatic carbocycles. The van der Waals surface area contributed by atoms with Crippen LogP contribution in [0.25, 0.3) is 0 Å². The average molecular weight is 430 g/mol. The molecule has 0 aliphatic rings. The Morgan fingerprint density at radius 2 is 1.65 bits per heavy atom. The quantitative estimate of drug-likeness (QED) is 0.368. The number of carbonyl (C=O) groups is 3. The van der Waals surface area contributed by atoms with Crippen LogP contribution in [0.15, 0.2) is 36.5 Å². The lowest BCUT2D eigenvalue weighted by Gasteiger charge is -2.07. The summed E-state index contributed by atoms with van der Waals surface area (Å²) in [5.41, 5.74) is 0.243. The number of nitrogens with one attached hydrogen (secondary N) is 2. The summed E-state index contributed by atoms with van der Waals surface area (Å²) in [5, 5.41) is 4.65. The van der Waals surface area contributed by atoms with Gasteiger partial charge in [-0.05, 0) is 31.5 Å². The predicted molar refractivity (Wildman–Crippen MR) is 106 cm³/mol. The number of amides is 2. The number of benzene rings is 1. The van der Waals surface area contributed by atoms with Crippen LogP contribution in [0.4, 0.5) is 24.7 Å². The molecule has 0 fully saturated rings. The van der Waals surface area contributed by atoms with Crippen molar-refractivity contribution in [3.63, 3.8) is 0 Å². The first-order chi connectivity index (χ1) is 14.6. The van der Waals surface area contributed by atoms with Crippen LogP contribution >= 0.6 is 0 Å². The molecule has 0 atom stereocenters. The molecule has 10 heteroatoms. The zero-order valence-electron chi connectivity index (χ0n) is 16.7. The molecule has 0 aliphatic carbocycles. The maximum atomic E-state index is 13.4. The van der Waals surface area contributed by atoms with E-state index in [1.807, 2.05) is 0 Å². The molecule has 2 N–H and O–H groups in total. The van der Waals surface area contributed by atoms with Gasteiger partial charge in [0.1, 0.15) is 5.82 Å². The third-order valence-electron chi connectivity index (χ3n) is 4.73. The van der Waals surface area contributed by atoms with Crippen molar-refractivity contribution in [2.45, 2.75) is 13.8 Å². The summed E-state index contributed by atoms with van der Waals surface area (Å²) in [6, 6.07) is 6.06. The first-order valence-electron chi connectivity index (χ1n) is 9.00. The molecule has 31 heavy (non-hydrogen) atoms.